The molecule has 2 nitrogen and oxygen atoms in total. The molecule has 112 valence electrons. The fourth-order valence-corrected chi connectivity index (χ4v) is 2.77. The van der Waals surface area contributed by atoms with Crippen LogP contribution in [0.3, 0.4) is 0 Å². The van der Waals surface area contributed by atoms with Gasteiger partial charge in [-0.05, 0) is 61.9 Å². The Morgan fingerprint density at radius 2 is 1.71 bits per heavy atom. The first-order valence-electron chi connectivity index (χ1n) is 6.95. The van der Waals surface area contributed by atoms with Gasteiger partial charge in [-0.25, -0.2) is 0 Å². The first kappa shape index (κ1) is 16.5. The monoisotopic (exact) mass is 411 g/mol. The molecule has 4 heteroatoms. The van der Waals surface area contributed by atoms with Gasteiger partial charge in [0.25, 0.3) is 0 Å². The van der Waals surface area contributed by atoms with Gasteiger partial charge < -0.3 is 10.1 Å². The molecule has 2 rings (SSSR count). The van der Waals surface area contributed by atoms with Gasteiger partial charge in [0.1, 0.15) is 11.5 Å². The molecular formula is C17H19Br2NO. The number of aryl methyl sites for hydroxylation is 2. The smallest absolute Gasteiger partial charge is 0.131 e. The van der Waals surface area contributed by atoms with Crippen molar-refractivity contribution in [1.29, 1.82) is 0 Å². The van der Waals surface area contributed by atoms with Crippen LogP contribution >= 0.6 is 31.9 Å². The summed E-state index contributed by atoms with van der Waals surface area (Å²) in [5.74, 6) is 1.76. The van der Waals surface area contributed by atoms with Crippen molar-refractivity contribution in [2.45, 2.75) is 27.3 Å². The normalized spacial score (nSPS) is 10.7. The molecule has 21 heavy (non-hydrogen) atoms. The van der Waals surface area contributed by atoms with E-state index < -0.39 is 0 Å². The summed E-state index contributed by atoms with van der Waals surface area (Å²) in [6, 6.07) is 10.2. The second-order valence-electron chi connectivity index (χ2n) is 5.01. The molecule has 0 aliphatic carbocycles. The second kappa shape index (κ2) is 7.43. The van der Waals surface area contributed by atoms with Crippen LogP contribution in [0.2, 0.25) is 0 Å². The van der Waals surface area contributed by atoms with Crippen LogP contribution in [0.1, 0.15) is 23.6 Å². The Morgan fingerprint density at radius 1 is 1.05 bits per heavy atom. The third-order valence-corrected chi connectivity index (χ3v) is 4.97. The van der Waals surface area contributed by atoms with E-state index in [9.17, 15) is 0 Å². The Morgan fingerprint density at radius 3 is 2.33 bits per heavy atom. The summed E-state index contributed by atoms with van der Waals surface area (Å²) in [6.45, 7) is 7.97. The predicted molar refractivity (Wildman–Crippen MR) is 95.2 cm³/mol. The van der Waals surface area contributed by atoms with E-state index in [1.807, 2.05) is 12.1 Å². The highest BCUT2D eigenvalue weighted by molar-refractivity contribution is 9.10. The van der Waals surface area contributed by atoms with Crippen LogP contribution in [0, 0.1) is 13.8 Å². The lowest BCUT2D eigenvalue weighted by molar-refractivity contribution is 0.472. The van der Waals surface area contributed by atoms with Crippen molar-refractivity contribution >= 4 is 31.9 Å². The van der Waals surface area contributed by atoms with Crippen molar-refractivity contribution < 1.29 is 4.74 Å². The minimum Gasteiger partial charge on any atom is -0.457 e. The van der Waals surface area contributed by atoms with E-state index in [1.54, 1.807) is 0 Å². The summed E-state index contributed by atoms with van der Waals surface area (Å²) in [7, 11) is 0. The molecule has 0 radical (unpaired) electrons. The summed E-state index contributed by atoms with van der Waals surface area (Å²) in [4.78, 5) is 0. The first-order valence-corrected chi connectivity index (χ1v) is 8.53. The fourth-order valence-electron chi connectivity index (χ4n) is 2.14. The molecule has 0 unspecified atom stereocenters. The number of halogens is 2. The van der Waals surface area contributed by atoms with Crippen LogP contribution < -0.4 is 10.1 Å². The maximum atomic E-state index is 6.10. The highest BCUT2D eigenvalue weighted by atomic mass is 79.9. The van der Waals surface area contributed by atoms with Gasteiger partial charge in [0.05, 0.1) is 0 Å². The van der Waals surface area contributed by atoms with Crippen LogP contribution in [0.4, 0.5) is 0 Å². The van der Waals surface area contributed by atoms with Gasteiger partial charge in [0, 0.05) is 21.1 Å². The molecule has 0 amide bonds. The zero-order valence-corrected chi connectivity index (χ0v) is 15.6. The van der Waals surface area contributed by atoms with Gasteiger partial charge in [0.2, 0.25) is 0 Å². The molecule has 0 spiro atoms. The van der Waals surface area contributed by atoms with Gasteiger partial charge in [-0.2, -0.15) is 0 Å². The quantitative estimate of drug-likeness (QED) is 0.676. The highest BCUT2D eigenvalue weighted by Crippen LogP contribution is 2.32. The van der Waals surface area contributed by atoms with E-state index in [0.29, 0.717) is 0 Å². The van der Waals surface area contributed by atoms with E-state index >= 15 is 0 Å². The number of hydrogen-bond acceptors (Lipinski definition) is 2. The summed E-state index contributed by atoms with van der Waals surface area (Å²) in [5, 5.41) is 3.34. The van der Waals surface area contributed by atoms with Crippen LogP contribution in [0.15, 0.2) is 39.3 Å². The number of hydrogen-bond donors (Lipinski definition) is 1. The molecule has 0 saturated heterocycles. The third kappa shape index (κ3) is 4.31. The van der Waals surface area contributed by atoms with Gasteiger partial charge in [0.15, 0.2) is 0 Å². The Labute approximate surface area is 143 Å². The molecule has 2 aromatic carbocycles. The second-order valence-corrected chi connectivity index (χ2v) is 6.71. The molecule has 0 saturated carbocycles. The zero-order valence-electron chi connectivity index (χ0n) is 12.5. The predicted octanol–water partition coefficient (Wildman–Crippen LogP) is 5.73. The molecule has 0 fully saturated rings. The average molecular weight is 413 g/mol. The number of ether oxygens (including phenoxy) is 1. The van der Waals surface area contributed by atoms with Gasteiger partial charge in [-0.1, -0.05) is 38.8 Å². The van der Waals surface area contributed by atoms with E-state index in [1.165, 1.54) is 11.1 Å². The zero-order chi connectivity index (χ0) is 15.4. The Bertz CT molecular complexity index is 618. The van der Waals surface area contributed by atoms with E-state index in [2.05, 4.69) is 76.1 Å². The standard InChI is InChI=1S/C17H19Br2NO/c1-4-20-10-13-9-14(18)5-6-16(13)21-15-7-11(2)17(19)12(3)8-15/h5-9,20H,4,10H2,1-3H3. The SMILES string of the molecule is CCNCc1cc(Br)ccc1Oc1cc(C)c(Br)c(C)c1. The lowest BCUT2D eigenvalue weighted by Gasteiger charge is -2.14. The van der Waals surface area contributed by atoms with Gasteiger partial charge >= 0.3 is 0 Å². The van der Waals surface area contributed by atoms with Crippen molar-refractivity contribution in [3.05, 3.63) is 56.0 Å². The largest absolute Gasteiger partial charge is 0.457 e. The van der Waals surface area contributed by atoms with Gasteiger partial charge in [-0.15, -0.1) is 0 Å². The van der Waals surface area contributed by atoms with E-state index in [4.69, 9.17) is 4.74 Å². The maximum Gasteiger partial charge on any atom is 0.131 e. The molecule has 0 bridgehead atoms. The number of rotatable bonds is 5. The van der Waals surface area contributed by atoms with Crippen molar-refractivity contribution in [2.24, 2.45) is 0 Å². The molecule has 2 aromatic rings. The van der Waals surface area contributed by atoms with Gasteiger partial charge in [-0.3, -0.25) is 0 Å². The van der Waals surface area contributed by atoms with Crippen LogP contribution in [-0.2, 0) is 6.54 Å². The lowest BCUT2D eigenvalue weighted by atomic mass is 10.1. The van der Waals surface area contributed by atoms with E-state index in [-0.39, 0.29) is 0 Å². The Hall–Kier alpha value is -0.840. The molecule has 0 aromatic heterocycles. The minimum absolute atomic E-state index is 0.791. The lowest BCUT2D eigenvalue weighted by Crippen LogP contribution is -2.12. The Kier molecular flexibility index (Phi) is 5.85. The third-order valence-electron chi connectivity index (χ3n) is 3.23. The summed E-state index contributed by atoms with van der Waals surface area (Å²) >= 11 is 7.10. The Balaban J connectivity index is 2.30. The van der Waals surface area contributed by atoms with Crippen molar-refractivity contribution in [3.63, 3.8) is 0 Å². The summed E-state index contributed by atoms with van der Waals surface area (Å²) < 4.78 is 8.30. The number of nitrogens with one attached hydrogen (secondary N) is 1. The molecule has 0 aliphatic rings. The molecule has 0 aliphatic heterocycles. The fraction of sp³-hybridized carbons (Fsp3) is 0.294. The molecular weight excluding hydrogens is 394 g/mol. The van der Waals surface area contributed by atoms with Crippen molar-refractivity contribution in [2.75, 3.05) is 6.54 Å². The summed E-state index contributed by atoms with van der Waals surface area (Å²) in [5.41, 5.74) is 3.50. The minimum atomic E-state index is 0.791. The topological polar surface area (TPSA) is 21.3 Å². The number of benzene rings is 2. The average Bonchev–Trinajstić information content (AvgIpc) is 2.45. The highest BCUT2D eigenvalue weighted by Gasteiger charge is 2.08. The van der Waals surface area contributed by atoms with Crippen molar-refractivity contribution in [3.8, 4) is 11.5 Å². The van der Waals surface area contributed by atoms with Crippen LogP contribution in [-0.4, -0.2) is 6.54 Å². The first-order chi connectivity index (χ1) is 10.0. The summed E-state index contributed by atoms with van der Waals surface area (Å²) in [6.07, 6.45) is 0. The van der Waals surface area contributed by atoms with Crippen molar-refractivity contribution in [1.82, 2.24) is 5.32 Å². The van der Waals surface area contributed by atoms with Crippen LogP contribution in [0.25, 0.3) is 0 Å². The molecule has 0 atom stereocenters. The molecule has 1 N–H and O–H groups in total. The van der Waals surface area contributed by atoms with Crippen LogP contribution in [0.5, 0.6) is 11.5 Å². The molecule has 0 heterocycles. The van der Waals surface area contributed by atoms with E-state index in [0.717, 1.165) is 39.1 Å². The maximum absolute atomic E-state index is 6.10.